The minimum absolute atomic E-state index is 0.0749. The monoisotopic (exact) mass is 415 g/mol. The Morgan fingerprint density at radius 2 is 1.59 bits per heavy atom. The van der Waals surface area contributed by atoms with E-state index in [1.54, 1.807) is 0 Å². The van der Waals surface area contributed by atoms with E-state index in [0.29, 0.717) is 5.56 Å². The Balaban J connectivity index is 1.78. The quantitative estimate of drug-likeness (QED) is 0.254. The Kier molecular flexibility index (Phi) is 5.36. The van der Waals surface area contributed by atoms with Gasteiger partial charge in [0.25, 0.3) is 22.5 Å². The van der Waals surface area contributed by atoms with Crippen LogP contribution in [0.25, 0.3) is 6.08 Å². The number of rotatable bonds is 5. The number of benzene rings is 2. The van der Waals surface area contributed by atoms with Crippen molar-refractivity contribution in [3.63, 3.8) is 0 Å². The first-order chi connectivity index (χ1) is 13.7. The van der Waals surface area contributed by atoms with Gasteiger partial charge in [-0.2, -0.15) is 0 Å². The largest absolute Gasteiger partial charge is 0.423 e. The molecule has 1 aliphatic rings. The van der Waals surface area contributed by atoms with Gasteiger partial charge in [0, 0.05) is 12.1 Å². The van der Waals surface area contributed by atoms with E-state index in [1.165, 1.54) is 30.3 Å². The number of carbonyl (C=O) groups excluding carboxylic acids is 3. The SMILES string of the molecule is O=C1NC(=O)/C(=C/c2ccc(OC(=O)c3cc([N+](=O)[O-])cc([N+](=O)[O-])c3)cc2)S1. The maximum atomic E-state index is 12.2. The van der Waals surface area contributed by atoms with E-state index in [9.17, 15) is 34.6 Å². The summed E-state index contributed by atoms with van der Waals surface area (Å²) >= 11 is 0.754. The number of carbonyl (C=O) groups is 3. The van der Waals surface area contributed by atoms with Crippen LogP contribution in [0.15, 0.2) is 47.4 Å². The molecule has 0 bridgehead atoms. The topological polar surface area (TPSA) is 159 Å². The maximum Gasteiger partial charge on any atom is 0.344 e. The molecule has 0 saturated carbocycles. The first-order valence-corrected chi connectivity index (χ1v) is 8.55. The zero-order valence-electron chi connectivity index (χ0n) is 14.2. The van der Waals surface area contributed by atoms with Crippen molar-refractivity contribution in [1.82, 2.24) is 5.32 Å². The summed E-state index contributed by atoms with van der Waals surface area (Å²) in [7, 11) is 0. The molecule has 11 nitrogen and oxygen atoms in total. The lowest BCUT2D eigenvalue weighted by atomic mass is 10.1. The molecule has 0 spiro atoms. The lowest BCUT2D eigenvalue weighted by Crippen LogP contribution is -2.17. The molecule has 1 saturated heterocycles. The van der Waals surface area contributed by atoms with Crippen LogP contribution in [0, 0.1) is 20.2 Å². The number of amides is 2. The second-order valence-electron chi connectivity index (χ2n) is 5.56. The highest BCUT2D eigenvalue weighted by molar-refractivity contribution is 8.18. The van der Waals surface area contributed by atoms with Crippen molar-refractivity contribution in [3.8, 4) is 5.75 Å². The zero-order chi connectivity index (χ0) is 21.1. The summed E-state index contributed by atoms with van der Waals surface area (Å²) in [4.78, 5) is 55.2. The summed E-state index contributed by atoms with van der Waals surface area (Å²) in [5.41, 5.74) is -1.03. The number of nitro groups is 2. The normalized spacial score (nSPS) is 14.6. The third kappa shape index (κ3) is 4.62. The summed E-state index contributed by atoms with van der Waals surface area (Å²) in [6.07, 6.45) is 1.47. The lowest BCUT2D eigenvalue weighted by molar-refractivity contribution is -0.394. The molecule has 2 amide bonds. The lowest BCUT2D eigenvalue weighted by Gasteiger charge is -2.05. The third-order valence-corrected chi connectivity index (χ3v) is 4.40. The number of esters is 1. The Labute approximate surface area is 165 Å². The van der Waals surface area contributed by atoms with Gasteiger partial charge in [-0.15, -0.1) is 0 Å². The van der Waals surface area contributed by atoms with Crippen molar-refractivity contribution >= 4 is 46.3 Å². The fraction of sp³-hybridized carbons (Fsp3) is 0. The van der Waals surface area contributed by atoms with Gasteiger partial charge in [0.1, 0.15) is 5.75 Å². The minimum Gasteiger partial charge on any atom is -0.423 e. The van der Waals surface area contributed by atoms with Crippen LogP contribution in [0.3, 0.4) is 0 Å². The van der Waals surface area contributed by atoms with Gasteiger partial charge >= 0.3 is 5.97 Å². The first-order valence-electron chi connectivity index (χ1n) is 7.74. The van der Waals surface area contributed by atoms with Crippen molar-refractivity contribution in [2.75, 3.05) is 0 Å². The Hall–Kier alpha value is -4.06. The number of hydrogen-bond donors (Lipinski definition) is 1. The van der Waals surface area contributed by atoms with Gasteiger partial charge in [0.15, 0.2) is 0 Å². The molecule has 1 N–H and O–H groups in total. The van der Waals surface area contributed by atoms with Gasteiger partial charge in [-0.25, -0.2) is 4.79 Å². The van der Waals surface area contributed by atoms with Crippen molar-refractivity contribution in [2.24, 2.45) is 0 Å². The summed E-state index contributed by atoms with van der Waals surface area (Å²) in [5, 5.41) is 23.5. The standard InChI is InChI=1S/C17H9N3O8S/c21-15-14(29-17(23)18-15)5-9-1-3-13(4-2-9)28-16(22)10-6-11(19(24)25)8-12(7-10)20(26)27/h1-8H,(H,18,21,23)/b14-5-. The van der Waals surface area contributed by atoms with Crippen LogP contribution in [0.2, 0.25) is 0 Å². The van der Waals surface area contributed by atoms with Gasteiger partial charge in [0.05, 0.1) is 26.4 Å². The zero-order valence-corrected chi connectivity index (χ0v) is 15.0. The van der Waals surface area contributed by atoms with Crippen LogP contribution >= 0.6 is 11.8 Å². The van der Waals surface area contributed by atoms with Crippen LogP contribution < -0.4 is 10.1 Å². The molecule has 1 fully saturated rings. The molecule has 0 unspecified atom stereocenters. The third-order valence-electron chi connectivity index (χ3n) is 3.59. The molecule has 12 heteroatoms. The fourth-order valence-electron chi connectivity index (χ4n) is 2.29. The fourth-order valence-corrected chi connectivity index (χ4v) is 2.98. The summed E-state index contributed by atoms with van der Waals surface area (Å²) in [6.45, 7) is 0. The average Bonchev–Trinajstić information content (AvgIpc) is 2.99. The summed E-state index contributed by atoms with van der Waals surface area (Å²) in [5.74, 6) is -1.45. The van der Waals surface area contributed by atoms with E-state index in [4.69, 9.17) is 4.74 Å². The highest BCUT2D eigenvalue weighted by Gasteiger charge is 2.25. The highest BCUT2D eigenvalue weighted by Crippen LogP contribution is 2.27. The second-order valence-corrected chi connectivity index (χ2v) is 6.58. The molecule has 0 atom stereocenters. The Morgan fingerprint density at radius 3 is 2.07 bits per heavy atom. The second kappa shape index (κ2) is 7.90. The molecule has 1 heterocycles. The number of imide groups is 1. The molecule has 0 radical (unpaired) electrons. The molecule has 146 valence electrons. The molecular formula is C17H9N3O8S. The van der Waals surface area contributed by atoms with Crippen molar-refractivity contribution in [2.45, 2.75) is 0 Å². The molecule has 2 aromatic rings. The van der Waals surface area contributed by atoms with Gasteiger partial charge in [-0.3, -0.25) is 35.1 Å². The van der Waals surface area contributed by atoms with Crippen molar-refractivity contribution in [1.29, 1.82) is 0 Å². The predicted octanol–water partition coefficient (Wildman–Crippen LogP) is 3.05. The van der Waals surface area contributed by atoms with E-state index >= 15 is 0 Å². The van der Waals surface area contributed by atoms with Crippen LogP contribution in [-0.2, 0) is 4.79 Å². The number of hydrogen-bond acceptors (Lipinski definition) is 9. The molecule has 1 aliphatic heterocycles. The molecule has 29 heavy (non-hydrogen) atoms. The van der Waals surface area contributed by atoms with E-state index in [1.807, 2.05) is 0 Å². The molecule has 3 rings (SSSR count). The Bertz CT molecular complexity index is 1060. The van der Waals surface area contributed by atoms with Crippen LogP contribution in [0.4, 0.5) is 16.2 Å². The molecule has 2 aromatic carbocycles. The number of non-ortho nitro benzene ring substituents is 2. The van der Waals surface area contributed by atoms with Gasteiger partial charge in [-0.1, -0.05) is 12.1 Å². The number of thioether (sulfide) groups is 1. The molecule has 0 aliphatic carbocycles. The summed E-state index contributed by atoms with van der Waals surface area (Å²) in [6, 6.07) is 8.32. The van der Waals surface area contributed by atoms with Crippen LogP contribution in [0.1, 0.15) is 15.9 Å². The van der Waals surface area contributed by atoms with Gasteiger partial charge < -0.3 is 4.74 Å². The maximum absolute atomic E-state index is 12.2. The van der Waals surface area contributed by atoms with Gasteiger partial charge in [0.2, 0.25) is 0 Å². The predicted molar refractivity (Wildman–Crippen MR) is 100 cm³/mol. The summed E-state index contributed by atoms with van der Waals surface area (Å²) < 4.78 is 5.09. The molecule has 0 aromatic heterocycles. The van der Waals surface area contributed by atoms with E-state index in [2.05, 4.69) is 5.32 Å². The smallest absolute Gasteiger partial charge is 0.344 e. The number of nitro benzene ring substituents is 2. The number of ether oxygens (including phenoxy) is 1. The average molecular weight is 415 g/mol. The number of nitrogens with one attached hydrogen (secondary N) is 1. The minimum atomic E-state index is -1.01. The van der Waals surface area contributed by atoms with E-state index in [0.717, 1.165) is 30.0 Å². The van der Waals surface area contributed by atoms with Gasteiger partial charge in [-0.05, 0) is 35.5 Å². The molecular weight excluding hydrogens is 406 g/mol. The van der Waals surface area contributed by atoms with E-state index < -0.39 is 38.3 Å². The van der Waals surface area contributed by atoms with Crippen molar-refractivity contribution < 1.29 is 29.0 Å². The highest BCUT2D eigenvalue weighted by atomic mass is 32.2. The van der Waals surface area contributed by atoms with Crippen LogP contribution in [0.5, 0.6) is 5.75 Å². The van der Waals surface area contributed by atoms with E-state index in [-0.39, 0.29) is 16.2 Å². The Morgan fingerprint density at radius 1 is 1.00 bits per heavy atom. The van der Waals surface area contributed by atoms with Crippen LogP contribution in [-0.4, -0.2) is 27.0 Å². The number of nitrogens with zero attached hydrogens (tertiary/aromatic N) is 2. The first kappa shape index (κ1) is 19.7. The van der Waals surface area contributed by atoms with Crippen molar-refractivity contribution in [3.05, 3.63) is 78.7 Å².